The zero-order valence-electron chi connectivity index (χ0n) is 28.1. The molecule has 4 heterocycles. The molecule has 47 heavy (non-hydrogen) atoms. The van der Waals surface area contributed by atoms with E-state index < -0.39 is 32.4 Å². The van der Waals surface area contributed by atoms with Gasteiger partial charge < -0.3 is 19.1 Å². The van der Waals surface area contributed by atoms with Crippen molar-refractivity contribution in [2.45, 2.75) is 96.7 Å². The molecule has 0 radical (unpaired) electrons. The Kier molecular flexibility index (Phi) is 9.77. The van der Waals surface area contributed by atoms with Crippen LogP contribution < -0.4 is 4.74 Å². The standard InChI is InChI=1S/C31H42F3N7O4SSi/c1-30(2,3)45-29(42)39(4)20-9-10-22-24(14-20)46-28(37-22)25-21(15-31(32,33)34)26(41(38-25)18-44-11-12-47(6,7)8)19-13-23(43-5)27-35-17-36-40(27)16-19/h13,16-17,20H,9-12,14-15,18H2,1-8H3. The van der Waals surface area contributed by atoms with E-state index in [1.165, 1.54) is 34.0 Å². The number of carbonyl (C=O) groups is 1. The number of likely N-dealkylation sites (N-methyl/N-ethyl adjacent to an activating group) is 1. The minimum atomic E-state index is -4.53. The summed E-state index contributed by atoms with van der Waals surface area (Å²) in [6, 6.07) is 2.41. The van der Waals surface area contributed by atoms with Crippen molar-refractivity contribution >= 4 is 31.2 Å². The molecular formula is C31H42F3N7O4SSi. The molecule has 0 saturated carbocycles. The Labute approximate surface area is 277 Å². The number of ether oxygens (including phenoxy) is 3. The lowest BCUT2D eigenvalue weighted by atomic mass is 9.97. The summed E-state index contributed by atoms with van der Waals surface area (Å²) in [5, 5.41) is 9.35. The molecule has 0 fully saturated rings. The molecule has 0 aliphatic heterocycles. The number of aryl methyl sites for hydroxylation is 1. The fourth-order valence-electron chi connectivity index (χ4n) is 5.43. The number of carbonyl (C=O) groups excluding carboxylic acids is 1. The molecule has 4 aromatic heterocycles. The number of methoxy groups -OCH3 is 1. The maximum atomic E-state index is 14.3. The number of pyridine rings is 1. The van der Waals surface area contributed by atoms with E-state index in [1.54, 1.807) is 24.2 Å². The molecule has 4 aromatic rings. The van der Waals surface area contributed by atoms with Crippen molar-refractivity contribution in [2.24, 2.45) is 0 Å². The van der Waals surface area contributed by atoms with Crippen molar-refractivity contribution in [3.63, 3.8) is 0 Å². The van der Waals surface area contributed by atoms with Gasteiger partial charge in [-0.1, -0.05) is 19.6 Å². The van der Waals surface area contributed by atoms with Crippen LogP contribution in [0.5, 0.6) is 5.75 Å². The zero-order valence-corrected chi connectivity index (χ0v) is 29.9. The summed E-state index contributed by atoms with van der Waals surface area (Å²) in [6.07, 6.45) is -1.45. The Morgan fingerprint density at radius 2 is 1.96 bits per heavy atom. The van der Waals surface area contributed by atoms with Gasteiger partial charge in [0.1, 0.15) is 29.4 Å². The first-order chi connectivity index (χ1) is 21.9. The molecule has 1 unspecified atom stereocenters. The van der Waals surface area contributed by atoms with Crippen LogP contribution in [0, 0.1) is 0 Å². The summed E-state index contributed by atoms with van der Waals surface area (Å²) in [5.41, 5.74) is 1.43. The van der Waals surface area contributed by atoms with E-state index in [9.17, 15) is 18.0 Å². The number of amides is 1. The van der Waals surface area contributed by atoms with E-state index in [1.807, 2.05) is 20.8 Å². The molecule has 0 spiro atoms. The number of aromatic nitrogens is 6. The first-order valence-corrected chi connectivity index (χ1v) is 20.0. The zero-order chi connectivity index (χ0) is 34.3. The fourth-order valence-corrected chi connectivity index (χ4v) is 7.38. The maximum absolute atomic E-state index is 14.3. The molecular weight excluding hydrogens is 652 g/mol. The number of fused-ring (bicyclic) bond motifs is 2. The Morgan fingerprint density at radius 1 is 1.21 bits per heavy atom. The van der Waals surface area contributed by atoms with Crippen molar-refractivity contribution in [2.75, 3.05) is 20.8 Å². The van der Waals surface area contributed by atoms with Gasteiger partial charge >= 0.3 is 12.3 Å². The van der Waals surface area contributed by atoms with Crippen LogP contribution in [0.25, 0.3) is 27.6 Å². The van der Waals surface area contributed by atoms with Crippen molar-refractivity contribution in [1.29, 1.82) is 0 Å². The van der Waals surface area contributed by atoms with Crippen molar-refractivity contribution < 1.29 is 32.2 Å². The van der Waals surface area contributed by atoms with Gasteiger partial charge in [0.25, 0.3) is 0 Å². The van der Waals surface area contributed by atoms with Crippen LogP contribution in [-0.4, -0.2) is 87.0 Å². The maximum Gasteiger partial charge on any atom is 0.410 e. The van der Waals surface area contributed by atoms with Gasteiger partial charge in [-0.3, -0.25) is 0 Å². The van der Waals surface area contributed by atoms with Gasteiger partial charge in [-0.2, -0.15) is 23.4 Å². The number of thiazole rings is 1. The molecule has 0 bridgehead atoms. The number of halogens is 3. The summed E-state index contributed by atoms with van der Waals surface area (Å²) >= 11 is 1.31. The molecule has 0 N–H and O–H groups in total. The minimum Gasteiger partial charge on any atom is -0.493 e. The number of nitrogens with zero attached hydrogens (tertiary/aromatic N) is 7. The highest BCUT2D eigenvalue weighted by atomic mass is 32.1. The second kappa shape index (κ2) is 13.2. The highest BCUT2D eigenvalue weighted by Gasteiger charge is 2.36. The van der Waals surface area contributed by atoms with Crippen LogP contribution in [-0.2, 0) is 35.5 Å². The van der Waals surface area contributed by atoms with E-state index in [-0.39, 0.29) is 29.7 Å². The summed E-state index contributed by atoms with van der Waals surface area (Å²) in [5.74, 6) is 0.358. The normalized spacial score (nSPS) is 15.6. The van der Waals surface area contributed by atoms with Gasteiger partial charge in [-0.25, -0.2) is 24.0 Å². The molecule has 0 saturated heterocycles. The summed E-state index contributed by atoms with van der Waals surface area (Å²) in [4.78, 5) is 24.3. The van der Waals surface area contributed by atoms with Crippen LogP contribution in [0.1, 0.15) is 43.3 Å². The Bertz CT molecular complexity index is 1740. The SMILES string of the molecule is COc1cc(-c2c(CC(F)(F)F)c(-c3nc4c(s3)CC(N(C)C(=O)OC(C)(C)C)CC4)nn2COCC[Si](C)(C)C)cn2ncnc12. The molecule has 16 heteroatoms. The smallest absolute Gasteiger partial charge is 0.410 e. The molecule has 0 aromatic carbocycles. The highest BCUT2D eigenvalue weighted by Crippen LogP contribution is 2.41. The van der Waals surface area contributed by atoms with Gasteiger partial charge in [0.2, 0.25) is 0 Å². The van der Waals surface area contributed by atoms with Gasteiger partial charge in [-0.15, -0.1) is 11.3 Å². The predicted molar refractivity (Wildman–Crippen MR) is 176 cm³/mol. The largest absolute Gasteiger partial charge is 0.493 e. The molecule has 1 aliphatic carbocycles. The van der Waals surface area contributed by atoms with Crippen LogP contribution in [0.15, 0.2) is 18.6 Å². The van der Waals surface area contributed by atoms with E-state index in [4.69, 9.17) is 24.3 Å². The quantitative estimate of drug-likeness (QED) is 0.131. The Morgan fingerprint density at radius 3 is 2.62 bits per heavy atom. The second-order valence-electron chi connectivity index (χ2n) is 14.0. The first kappa shape index (κ1) is 34.8. The lowest BCUT2D eigenvalue weighted by Gasteiger charge is -2.32. The van der Waals surface area contributed by atoms with E-state index >= 15 is 0 Å². The molecule has 1 atom stereocenters. The summed E-state index contributed by atoms with van der Waals surface area (Å²) in [6.45, 7) is 12.6. The molecule has 1 amide bonds. The highest BCUT2D eigenvalue weighted by molar-refractivity contribution is 7.15. The van der Waals surface area contributed by atoms with Crippen molar-refractivity contribution in [1.82, 2.24) is 34.3 Å². The van der Waals surface area contributed by atoms with Crippen molar-refractivity contribution in [3.05, 3.63) is 34.7 Å². The molecule has 5 rings (SSSR count). The van der Waals surface area contributed by atoms with E-state index in [2.05, 4.69) is 29.7 Å². The lowest BCUT2D eigenvalue weighted by Crippen LogP contribution is -2.43. The minimum absolute atomic E-state index is 0.0127. The van der Waals surface area contributed by atoms with Crippen LogP contribution in [0.2, 0.25) is 25.7 Å². The number of rotatable bonds is 10. The average Bonchev–Trinajstić information content (AvgIpc) is 3.68. The second-order valence-corrected chi connectivity index (χ2v) is 20.7. The Balaban J connectivity index is 1.57. The Hall–Kier alpha value is -3.50. The monoisotopic (exact) mass is 693 g/mol. The predicted octanol–water partition coefficient (Wildman–Crippen LogP) is 6.87. The van der Waals surface area contributed by atoms with E-state index in [0.29, 0.717) is 47.8 Å². The molecule has 1 aliphatic rings. The fraction of sp³-hybridized carbons (Fsp3) is 0.581. The van der Waals surface area contributed by atoms with Crippen LogP contribution in [0.3, 0.4) is 0 Å². The molecule has 11 nitrogen and oxygen atoms in total. The van der Waals surface area contributed by atoms with Gasteiger partial charge in [0.05, 0.1) is 24.9 Å². The van der Waals surface area contributed by atoms with Crippen LogP contribution >= 0.6 is 11.3 Å². The van der Waals surface area contributed by atoms with Gasteiger partial charge in [0.15, 0.2) is 11.4 Å². The average molecular weight is 694 g/mol. The van der Waals surface area contributed by atoms with Gasteiger partial charge in [-0.05, 0) is 45.7 Å². The molecule has 256 valence electrons. The lowest BCUT2D eigenvalue weighted by molar-refractivity contribution is -0.127. The number of alkyl halides is 3. The summed E-state index contributed by atoms with van der Waals surface area (Å²) in [7, 11) is 1.77. The third kappa shape index (κ3) is 8.33. The topological polar surface area (TPSA) is 109 Å². The third-order valence-electron chi connectivity index (χ3n) is 7.82. The van der Waals surface area contributed by atoms with Gasteiger partial charge in [0, 0.05) is 56.4 Å². The first-order valence-electron chi connectivity index (χ1n) is 15.5. The van der Waals surface area contributed by atoms with Crippen molar-refractivity contribution in [3.8, 4) is 27.7 Å². The number of hydrogen-bond acceptors (Lipinski definition) is 9. The van der Waals surface area contributed by atoms with E-state index in [0.717, 1.165) is 16.6 Å². The summed E-state index contributed by atoms with van der Waals surface area (Å²) < 4.78 is 63.0. The third-order valence-corrected chi connectivity index (χ3v) is 10.6. The van der Waals surface area contributed by atoms with Crippen LogP contribution in [0.4, 0.5) is 18.0 Å². The number of hydrogen-bond donors (Lipinski definition) is 0.